The fourth-order valence-electron chi connectivity index (χ4n) is 2.79. The molecule has 1 heterocycles. The summed E-state index contributed by atoms with van der Waals surface area (Å²) < 4.78 is 5.76. The average Bonchev–Trinajstić information content (AvgIpc) is 3.17. The lowest BCUT2D eigenvalue weighted by Gasteiger charge is -2.14. The van der Waals surface area contributed by atoms with Crippen LogP contribution in [0, 0.1) is 0 Å². The molecule has 3 heteroatoms. The van der Waals surface area contributed by atoms with E-state index in [1.807, 2.05) is 11.8 Å². The van der Waals surface area contributed by atoms with Crippen LogP contribution in [-0.2, 0) is 13.0 Å². The molecule has 1 N–H and O–H groups in total. The van der Waals surface area contributed by atoms with Gasteiger partial charge in [-0.2, -0.15) is 0 Å². The van der Waals surface area contributed by atoms with Gasteiger partial charge in [0.1, 0.15) is 11.5 Å². The largest absolute Gasteiger partial charge is 0.464 e. The lowest BCUT2D eigenvalue weighted by Crippen LogP contribution is -2.01. The van der Waals surface area contributed by atoms with Crippen molar-refractivity contribution in [3.05, 3.63) is 47.9 Å². The van der Waals surface area contributed by atoms with E-state index in [9.17, 15) is 0 Å². The molecule has 0 atom stereocenters. The summed E-state index contributed by atoms with van der Waals surface area (Å²) in [6.07, 6.45) is 6.45. The maximum Gasteiger partial charge on any atom is 0.123 e. The summed E-state index contributed by atoms with van der Waals surface area (Å²) in [6, 6.07) is 12.8. The molecule has 0 amide bonds. The van der Waals surface area contributed by atoms with Gasteiger partial charge in [-0.15, -0.1) is 11.8 Å². The van der Waals surface area contributed by atoms with Gasteiger partial charge in [-0.05, 0) is 37.1 Å². The lowest BCUT2D eigenvalue weighted by molar-refractivity contribution is 0.476. The van der Waals surface area contributed by atoms with E-state index in [0.29, 0.717) is 0 Å². The Balaban J connectivity index is 1.64. The molecule has 1 aliphatic carbocycles. The van der Waals surface area contributed by atoms with E-state index >= 15 is 0 Å². The zero-order chi connectivity index (χ0) is 14.5. The smallest absolute Gasteiger partial charge is 0.123 e. The van der Waals surface area contributed by atoms with E-state index < -0.39 is 0 Å². The monoisotopic (exact) mass is 301 g/mol. The highest BCUT2D eigenvalue weighted by Crippen LogP contribution is 2.38. The topological polar surface area (TPSA) is 25.2 Å². The van der Waals surface area contributed by atoms with Crippen molar-refractivity contribution in [2.24, 2.45) is 0 Å². The number of nitrogens with one attached hydrogen (secondary N) is 1. The third-order valence-corrected chi connectivity index (χ3v) is 5.42. The van der Waals surface area contributed by atoms with E-state index in [-0.39, 0.29) is 0 Å². The molecule has 1 aliphatic rings. The molecule has 3 rings (SSSR count). The van der Waals surface area contributed by atoms with Crippen molar-refractivity contribution in [1.29, 1.82) is 0 Å². The maximum absolute atomic E-state index is 5.76. The van der Waals surface area contributed by atoms with E-state index in [0.717, 1.165) is 29.7 Å². The van der Waals surface area contributed by atoms with Crippen molar-refractivity contribution in [3.63, 3.8) is 0 Å². The third-order valence-electron chi connectivity index (χ3n) is 4.00. The minimum Gasteiger partial charge on any atom is -0.464 e. The molecular formula is C18H23NOS. The molecule has 112 valence electrons. The zero-order valence-corrected chi connectivity index (χ0v) is 13.4. The first-order chi connectivity index (χ1) is 10.3. The number of anilines is 1. The number of hydrogen-bond donors (Lipinski definition) is 1. The summed E-state index contributed by atoms with van der Waals surface area (Å²) in [7, 11) is 0. The highest BCUT2D eigenvalue weighted by atomic mass is 32.2. The van der Waals surface area contributed by atoms with Crippen LogP contribution in [0.1, 0.15) is 44.1 Å². The molecule has 0 unspecified atom stereocenters. The Morgan fingerprint density at radius 1 is 1.10 bits per heavy atom. The standard InChI is InChI=1S/C18H23NOS/c1-2-14-11-12-15(20-14)13-19-17-9-5-6-10-18(17)21-16-7-3-4-8-16/h5-6,9-12,16,19H,2-4,7-8,13H2,1H3. The van der Waals surface area contributed by atoms with Gasteiger partial charge in [0.05, 0.1) is 6.54 Å². The van der Waals surface area contributed by atoms with Crippen molar-refractivity contribution in [1.82, 2.24) is 0 Å². The van der Waals surface area contributed by atoms with Crippen molar-refractivity contribution in [2.75, 3.05) is 5.32 Å². The number of hydrogen-bond acceptors (Lipinski definition) is 3. The van der Waals surface area contributed by atoms with Gasteiger partial charge in [0.25, 0.3) is 0 Å². The lowest BCUT2D eigenvalue weighted by atomic mass is 10.3. The highest BCUT2D eigenvalue weighted by molar-refractivity contribution is 8.00. The van der Waals surface area contributed by atoms with Crippen LogP contribution in [-0.4, -0.2) is 5.25 Å². The second kappa shape index (κ2) is 7.08. The number of aryl methyl sites for hydroxylation is 1. The molecule has 2 nitrogen and oxygen atoms in total. The highest BCUT2D eigenvalue weighted by Gasteiger charge is 2.17. The predicted molar refractivity (Wildman–Crippen MR) is 90.0 cm³/mol. The van der Waals surface area contributed by atoms with Crippen LogP contribution < -0.4 is 5.32 Å². The summed E-state index contributed by atoms with van der Waals surface area (Å²) in [5.41, 5.74) is 1.23. The fourth-order valence-corrected chi connectivity index (χ4v) is 4.14. The first kappa shape index (κ1) is 14.6. The van der Waals surface area contributed by atoms with E-state index in [1.54, 1.807) is 0 Å². The quantitative estimate of drug-likeness (QED) is 0.764. The maximum atomic E-state index is 5.76. The Hall–Kier alpha value is -1.35. The fraction of sp³-hybridized carbons (Fsp3) is 0.444. The van der Waals surface area contributed by atoms with E-state index in [4.69, 9.17) is 4.42 Å². The SMILES string of the molecule is CCc1ccc(CNc2ccccc2SC2CCCC2)o1. The van der Waals surface area contributed by atoms with Crippen molar-refractivity contribution in [3.8, 4) is 0 Å². The minimum atomic E-state index is 0.752. The minimum absolute atomic E-state index is 0.752. The predicted octanol–water partition coefficient (Wildman–Crippen LogP) is 5.49. The van der Waals surface area contributed by atoms with Gasteiger partial charge < -0.3 is 9.73 Å². The number of thioether (sulfide) groups is 1. The van der Waals surface area contributed by atoms with Gasteiger partial charge in [0.15, 0.2) is 0 Å². The Labute approximate surface area is 131 Å². The van der Waals surface area contributed by atoms with Crippen LogP contribution in [0.4, 0.5) is 5.69 Å². The number of benzene rings is 1. The van der Waals surface area contributed by atoms with Gasteiger partial charge in [0.2, 0.25) is 0 Å². The molecule has 0 saturated heterocycles. The Kier molecular flexibility index (Phi) is 4.91. The van der Waals surface area contributed by atoms with Gasteiger partial charge in [-0.3, -0.25) is 0 Å². The second-order valence-corrected chi connectivity index (χ2v) is 6.94. The first-order valence-corrected chi connectivity index (χ1v) is 8.80. The van der Waals surface area contributed by atoms with Crippen molar-refractivity contribution in [2.45, 2.75) is 55.7 Å². The molecule has 1 aromatic carbocycles. The number of rotatable bonds is 6. The Morgan fingerprint density at radius 2 is 1.86 bits per heavy atom. The molecule has 0 radical (unpaired) electrons. The van der Waals surface area contributed by atoms with Crippen LogP contribution in [0.3, 0.4) is 0 Å². The van der Waals surface area contributed by atoms with Crippen LogP contribution in [0.2, 0.25) is 0 Å². The molecule has 0 bridgehead atoms. The van der Waals surface area contributed by atoms with E-state index in [2.05, 4.69) is 48.6 Å². The number of para-hydroxylation sites is 1. The van der Waals surface area contributed by atoms with Crippen LogP contribution in [0.25, 0.3) is 0 Å². The van der Waals surface area contributed by atoms with Crippen molar-refractivity contribution >= 4 is 17.4 Å². The van der Waals surface area contributed by atoms with Gasteiger partial charge >= 0.3 is 0 Å². The molecule has 1 aromatic heterocycles. The first-order valence-electron chi connectivity index (χ1n) is 7.92. The zero-order valence-electron chi connectivity index (χ0n) is 12.6. The van der Waals surface area contributed by atoms with Crippen molar-refractivity contribution < 1.29 is 4.42 Å². The Bertz CT molecular complexity index is 572. The summed E-state index contributed by atoms with van der Waals surface area (Å²) >= 11 is 2.03. The second-order valence-electron chi connectivity index (χ2n) is 5.60. The summed E-state index contributed by atoms with van der Waals surface area (Å²) in [4.78, 5) is 1.37. The molecule has 0 aliphatic heterocycles. The number of furan rings is 1. The average molecular weight is 301 g/mol. The molecule has 2 aromatic rings. The molecular weight excluding hydrogens is 278 g/mol. The van der Waals surface area contributed by atoms with Gasteiger partial charge in [-0.25, -0.2) is 0 Å². The van der Waals surface area contributed by atoms with Gasteiger partial charge in [-0.1, -0.05) is 31.9 Å². The molecule has 0 spiro atoms. The molecule has 1 fully saturated rings. The van der Waals surface area contributed by atoms with Crippen LogP contribution in [0.5, 0.6) is 0 Å². The normalized spacial score (nSPS) is 15.5. The summed E-state index contributed by atoms with van der Waals surface area (Å²) in [6.45, 7) is 2.87. The third kappa shape index (κ3) is 3.85. The molecule has 1 saturated carbocycles. The van der Waals surface area contributed by atoms with Crippen LogP contribution in [0.15, 0.2) is 45.7 Å². The summed E-state index contributed by atoms with van der Waals surface area (Å²) in [5.74, 6) is 2.06. The summed E-state index contributed by atoms with van der Waals surface area (Å²) in [5, 5.41) is 4.32. The molecule has 21 heavy (non-hydrogen) atoms. The van der Waals surface area contributed by atoms with Gasteiger partial charge in [0, 0.05) is 22.3 Å². The Morgan fingerprint density at radius 3 is 2.62 bits per heavy atom. The van der Waals surface area contributed by atoms with E-state index in [1.165, 1.54) is 36.3 Å². The van der Waals surface area contributed by atoms with Crippen LogP contribution >= 0.6 is 11.8 Å².